The Morgan fingerprint density at radius 1 is 1.26 bits per heavy atom. The van der Waals surface area contributed by atoms with Gasteiger partial charge in [-0.05, 0) is 48.0 Å². The molecule has 0 atom stereocenters. The molecule has 0 saturated carbocycles. The highest BCUT2D eigenvalue weighted by Crippen LogP contribution is 2.26. The molecule has 0 radical (unpaired) electrons. The molecule has 0 spiro atoms. The van der Waals surface area contributed by atoms with Crippen LogP contribution in [0.4, 0.5) is 0 Å². The molecule has 0 N–H and O–H groups in total. The highest BCUT2D eigenvalue weighted by atomic mass is 79.9. The fourth-order valence-corrected chi connectivity index (χ4v) is 2.17. The van der Waals surface area contributed by atoms with Crippen LogP contribution in [-0.2, 0) is 4.74 Å². The van der Waals surface area contributed by atoms with Crippen molar-refractivity contribution in [3.63, 3.8) is 0 Å². The number of carbonyl (C=O) groups excluding carboxylic acids is 1. The van der Waals surface area contributed by atoms with E-state index in [2.05, 4.69) is 15.9 Å². The van der Waals surface area contributed by atoms with E-state index in [4.69, 9.17) is 9.47 Å². The lowest BCUT2D eigenvalue weighted by Crippen LogP contribution is -2.30. The predicted octanol–water partition coefficient (Wildman–Crippen LogP) is 2.96. The number of benzene rings is 1. The molecule has 1 aromatic carbocycles. The van der Waals surface area contributed by atoms with Crippen molar-refractivity contribution < 1.29 is 14.3 Å². The van der Waals surface area contributed by atoms with Crippen molar-refractivity contribution in [1.82, 2.24) is 4.90 Å². The maximum atomic E-state index is 12.2. The number of hydrogen-bond acceptors (Lipinski definition) is 3. The van der Waals surface area contributed by atoms with E-state index in [0.717, 1.165) is 4.47 Å². The number of halogens is 1. The molecule has 1 amide bonds. The molecule has 5 heteroatoms. The summed E-state index contributed by atoms with van der Waals surface area (Å²) >= 11 is 3.42. The fraction of sp³-hybridized carbons (Fsp3) is 0.500. The molecule has 0 aliphatic carbocycles. The summed E-state index contributed by atoms with van der Waals surface area (Å²) in [7, 11) is 1.63. The third-order valence-electron chi connectivity index (χ3n) is 2.77. The van der Waals surface area contributed by atoms with Gasteiger partial charge in [-0.15, -0.1) is 0 Å². The second-order valence-corrected chi connectivity index (χ2v) is 4.82. The van der Waals surface area contributed by atoms with Crippen LogP contribution >= 0.6 is 15.9 Å². The molecule has 0 heterocycles. The van der Waals surface area contributed by atoms with Gasteiger partial charge in [0.1, 0.15) is 12.4 Å². The van der Waals surface area contributed by atoms with Crippen molar-refractivity contribution in [3.05, 3.63) is 28.2 Å². The van der Waals surface area contributed by atoms with E-state index >= 15 is 0 Å². The van der Waals surface area contributed by atoms with Gasteiger partial charge >= 0.3 is 0 Å². The highest BCUT2D eigenvalue weighted by molar-refractivity contribution is 9.10. The van der Waals surface area contributed by atoms with Gasteiger partial charge in [-0.25, -0.2) is 0 Å². The summed E-state index contributed by atoms with van der Waals surface area (Å²) in [4.78, 5) is 14.0. The van der Waals surface area contributed by atoms with Crippen LogP contribution in [0.1, 0.15) is 24.2 Å². The normalized spacial score (nSPS) is 10.3. The first-order valence-corrected chi connectivity index (χ1v) is 7.13. The number of rotatable bonds is 7. The number of nitrogens with zero attached hydrogens (tertiary/aromatic N) is 1. The lowest BCUT2D eigenvalue weighted by atomic mass is 10.2. The Labute approximate surface area is 122 Å². The van der Waals surface area contributed by atoms with Crippen LogP contribution in [0.5, 0.6) is 5.75 Å². The van der Waals surface area contributed by atoms with E-state index in [1.807, 2.05) is 13.8 Å². The van der Waals surface area contributed by atoms with Crippen LogP contribution in [0.2, 0.25) is 0 Å². The standard InChI is InChI=1S/C14H20BrNO3/c1-4-16(5-2)14(17)11-6-7-13(12(15)10-11)19-9-8-18-3/h6-7,10H,4-5,8-9H2,1-3H3. The fourth-order valence-electron chi connectivity index (χ4n) is 1.68. The van der Waals surface area contributed by atoms with Crippen molar-refractivity contribution >= 4 is 21.8 Å². The molecule has 0 aromatic heterocycles. The molecule has 4 nitrogen and oxygen atoms in total. The first-order chi connectivity index (χ1) is 9.13. The molecule has 0 aliphatic rings. The Balaban J connectivity index is 2.78. The summed E-state index contributed by atoms with van der Waals surface area (Å²) < 4.78 is 11.2. The third-order valence-corrected chi connectivity index (χ3v) is 3.39. The first-order valence-electron chi connectivity index (χ1n) is 6.34. The number of carbonyl (C=O) groups is 1. The van der Waals surface area contributed by atoms with Crippen molar-refractivity contribution in [2.75, 3.05) is 33.4 Å². The van der Waals surface area contributed by atoms with E-state index in [0.29, 0.717) is 37.6 Å². The lowest BCUT2D eigenvalue weighted by Gasteiger charge is -2.19. The molecule has 0 saturated heterocycles. The smallest absolute Gasteiger partial charge is 0.253 e. The van der Waals surface area contributed by atoms with E-state index < -0.39 is 0 Å². The highest BCUT2D eigenvalue weighted by Gasteiger charge is 2.14. The summed E-state index contributed by atoms with van der Waals surface area (Å²) in [5, 5.41) is 0. The topological polar surface area (TPSA) is 38.8 Å². The van der Waals surface area contributed by atoms with Gasteiger partial charge in [0, 0.05) is 25.8 Å². The molecule has 0 aliphatic heterocycles. The summed E-state index contributed by atoms with van der Waals surface area (Å²) in [6, 6.07) is 5.38. The minimum Gasteiger partial charge on any atom is -0.490 e. The van der Waals surface area contributed by atoms with Crippen molar-refractivity contribution in [2.45, 2.75) is 13.8 Å². The van der Waals surface area contributed by atoms with Gasteiger partial charge in [-0.2, -0.15) is 0 Å². The van der Waals surface area contributed by atoms with Crippen LogP contribution in [0.25, 0.3) is 0 Å². The van der Waals surface area contributed by atoms with E-state index in [9.17, 15) is 4.79 Å². The van der Waals surface area contributed by atoms with Crippen molar-refractivity contribution in [1.29, 1.82) is 0 Å². The average molecular weight is 330 g/mol. The second kappa shape index (κ2) is 8.17. The SMILES string of the molecule is CCN(CC)C(=O)c1ccc(OCCOC)c(Br)c1. The number of amides is 1. The van der Waals surface area contributed by atoms with Gasteiger partial charge in [0.05, 0.1) is 11.1 Å². The molecule has 0 fully saturated rings. The van der Waals surface area contributed by atoms with E-state index in [-0.39, 0.29) is 5.91 Å². The molecular formula is C14H20BrNO3. The van der Waals surface area contributed by atoms with Crippen LogP contribution in [0, 0.1) is 0 Å². The minimum absolute atomic E-state index is 0.0362. The molecule has 1 aromatic rings. The van der Waals surface area contributed by atoms with E-state index in [1.165, 1.54) is 0 Å². The summed E-state index contributed by atoms with van der Waals surface area (Å²) in [6.45, 7) is 6.38. The Bertz CT molecular complexity index is 419. The zero-order valence-corrected chi connectivity index (χ0v) is 13.2. The third kappa shape index (κ3) is 4.51. The minimum atomic E-state index is 0.0362. The molecule has 0 unspecified atom stereocenters. The average Bonchev–Trinajstić information content (AvgIpc) is 2.42. The molecule has 1 rings (SSSR count). The number of methoxy groups -OCH3 is 1. The molecule has 106 valence electrons. The monoisotopic (exact) mass is 329 g/mol. The van der Waals surface area contributed by atoms with Gasteiger partial charge in [0.15, 0.2) is 0 Å². The largest absolute Gasteiger partial charge is 0.490 e. The maximum Gasteiger partial charge on any atom is 0.253 e. The summed E-state index contributed by atoms with van der Waals surface area (Å²) in [6.07, 6.45) is 0. The lowest BCUT2D eigenvalue weighted by molar-refractivity contribution is 0.0773. The Hall–Kier alpha value is -1.07. The van der Waals surface area contributed by atoms with E-state index in [1.54, 1.807) is 30.2 Å². The van der Waals surface area contributed by atoms with Gasteiger partial charge in [-0.3, -0.25) is 4.79 Å². The van der Waals surface area contributed by atoms with Crippen LogP contribution < -0.4 is 4.74 Å². The second-order valence-electron chi connectivity index (χ2n) is 3.96. The molecular weight excluding hydrogens is 310 g/mol. The van der Waals surface area contributed by atoms with Crippen LogP contribution in [0.3, 0.4) is 0 Å². The summed E-state index contributed by atoms with van der Waals surface area (Å²) in [5.74, 6) is 0.752. The summed E-state index contributed by atoms with van der Waals surface area (Å²) in [5.41, 5.74) is 0.662. The number of hydrogen-bond donors (Lipinski definition) is 0. The Morgan fingerprint density at radius 2 is 1.95 bits per heavy atom. The number of ether oxygens (including phenoxy) is 2. The molecule has 19 heavy (non-hydrogen) atoms. The predicted molar refractivity (Wildman–Crippen MR) is 78.8 cm³/mol. The zero-order valence-electron chi connectivity index (χ0n) is 11.6. The Kier molecular flexibility index (Phi) is 6.87. The first kappa shape index (κ1) is 16.0. The zero-order chi connectivity index (χ0) is 14.3. The Morgan fingerprint density at radius 3 is 2.47 bits per heavy atom. The van der Waals surface area contributed by atoms with Crippen LogP contribution in [0.15, 0.2) is 22.7 Å². The van der Waals surface area contributed by atoms with Crippen LogP contribution in [-0.4, -0.2) is 44.2 Å². The maximum absolute atomic E-state index is 12.2. The van der Waals surface area contributed by atoms with Crippen molar-refractivity contribution in [2.24, 2.45) is 0 Å². The molecule has 0 bridgehead atoms. The quantitative estimate of drug-likeness (QED) is 0.722. The van der Waals surface area contributed by atoms with Gasteiger partial charge < -0.3 is 14.4 Å². The van der Waals surface area contributed by atoms with Gasteiger partial charge in [0.2, 0.25) is 0 Å². The van der Waals surface area contributed by atoms with Gasteiger partial charge in [0.25, 0.3) is 5.91 Å². The van der Waals surface area contributed by atoms with Crippen molar-refractivity contribution in [3.8, 4) is 5.75 Å². The van der Waals surface area contributed by atoms with Gasteiger partial charge in [-0.1, -0.05) is 0 Å².